The first kappa shape index (κ1) is 14.9. The second kappa shape index (κ2) is 5.87. The minimum atomic E-state index is -0.274. The predicted molar refractivity (Wildman–Crippen MR) is 81.5 cm³/mol. The lowest BCUT2D eigenvalue weighted by Gasteiger charge is -2.31. The molecule has 0 saturated carbocycles. The molecule has 1 aromatic heterocycles. The highest BCUT2D eigenvalue weighted by Crippen LogP contribution is 2.29. The molecule has 0 radical (unpaired) electrons. The van der Waals surface area contributed by atoms with Gasteiger partial charge < -0.3 is 10.6 Å². The second-order valence-electron chi connectivity index (χ2n) is 6.04. The summed E-state index contributed by atoms with van der Waals surface area (Å²) in [6, 6.07) is 0. The quantitative estimate of drug-likeness (QED) is 0.912. The highest BCUT2D eigenvalue weighted by molar-refractivity contribution is 7.11. The van der Waals surface area contributed by atoms with Crippen LogP contribution in [0.3, 0.4) is 0 Å². The standard InChI is InChI=1S/C14H26N4S/c1-5-11-13(14(2,3)15)19-12(16-11)10-18-8-6-17(4)7-9-18/h5-10,15H2,1-4H3. The zero-order chi connectivity index (χ0) is 14.0. The van der Waals surface area contributed by atoms with Gasteiger partial charge in [-0.3, -0.25) is 4.90 Å². The third-order valence-corrected chi connectivity index (χ3v) is 5.04. The van der Waals surface area contributed by atoms with Gasteiger partial charge in [-0.05, 0) is 27.3 Å². The summed E-state index contributed by atoms with van der Waals surface area (Å²) in [5.41, 5.74) is 7.16. The van der Waals surface area contributed by atoms with Crippen LogP contribution in [0.1, 0.15) is 36.3 Å². The Morgan fingerprint density at radius 1 is 1.26 bits per heavy atom. The average molecular weight is 282 g/mol. The van der Waals surface area contributed by atoms with E-state index in [0.29, 0.717) is 0 Å². The van der Waals surface area contributed by atoms with Crippen molar-refractivity contribution in [2.75, 3.05) is 33.2 Å². The number of piperazine rings is 1. The largest absolute Gasteiger partial charge is 0.321 e. The van der Waals surface area contributed by atoms with Crippen molar-refractivity contribution in [3.05, 3.63) is 15.6 Å². The minimum Gasteiger partial charge on any atom is -0.321 e. The first-order valence-electron chi connectivity index (χ1n) is 7.09. The molecule has 0 spiro atoms. The van der Waals surface area contributed by atoms with Crippen molar-refractivity contribution < 1.29 is 0 Å². The first-order chi connectivity index (χ1) is 8.90. The molecule has 0 aromatic carbocycles. The summed E-state index contributed by atoms with van der Waals surface area (Å²) in [6.07, 6.45) is 0.967. The Morgan fingerprint density at radius 2 is 1.89 bits per heavy atom. The monoisotopic (exact) mass is 282 g/mol. The molecule has 2 N–H and O–H groups in total. The molecule has 0 unspecified atom stereocenters. The summed E-state index contributed by atoms with van der Waals surface area (Å²) in [5.74, 6) is 0. The summed E-state index contributed by atoms with van der Waals surface area (Å²) in [4.78, 5) is 10.9. The van der Waals surface area contributed by atoms with Crippen LogP contribution in [-0.2, 0) is 18.5 Å². The maximum atomic E-state index is 6.25. The van der Waals surface area contributed by atoms with E-state index in [9.17, 15) is 0 Å². The van der Waals surface area contributed by atoms with Crippen LogP contribution >= 0.6 is 11.3 Å². The van der Waals surface area contributed by atoms with E-state index in [1.165, 1.54) is 15.6 Å². The van der Waals surface area contributed by atoms with Crippen LogP contribution in [-0.4, -0.2) is 48.0 Å². The van der Waals surface area contributed by atoms with Crippen LogP contribution in [0.5, 0.6) is 0 Å². The van der Waals surface area contributed by atoms with Crippen molar-refractivity contribution in [2.24, 2.45) is 5.73 Å². The summed E-state index contributed by atoms with van der Waals surface area (Å²) in [6.45, 7) is 11.9. The molecule has 0 amide bonds. The molecule has 1 aliphatic rings. The number of hydrogen-bond donors (Lipinski definition) is 1. The number of nitrogens with two attached hydrogens (primary N) is 1. The van der Waals surface area contributed by atoms with Crippen LogP contribution in [0.2, 0.25) is 0 Å². The van der Waals surface area contributed by atoms with Crippen LogP contribution < -0.4 is 5.73 Å². The fourth-order valence-corrected chi connectivity index (χ4v) is 3.62. The Bertz CT molecular complexity index is 414. The molecule has 108 valence electrons. The molecule has 1 aliphatic heterocycles. The Balaban J connectivity index is 2.07. The molecular formula is C14H26N4S. The van der Waals surface area contributed by atoms with Crippen LogP contribution in [0.15, 0.2) is 0 Å². The third-order valence-electron chi connectivity index (χ3n) is 3.62. The van der Waals surface area contributed by atoms with Gasteiger partial charge in [-0.15, -0.1) is 11.3 Å². The van der Waals surface area contributed by atoms with E-state index in [1.54, 1.807) is 11.3 Å². The fraction of sp³-hybridized carbons (Fsp3) is 0.786. The molecule has 2 heterocycles. The summed E-state index contributed by atoms with van der Waals surface area (Å²) in [7, 11) is 2.19. The molecule has 0 aliphatic carbocycles. The summed E-state index contributed by atoms with van der Waals surface area (Å²) < 4.78 is 0. The normalized spacial score (nSPS) is 19.0. The first-order valence-corrected chi connectivity index (χ1v) is 7.90. The second-order valence-corrected chi connectivity index (χ2v) is 7.12. The van der Waals surface area contributed by atoms with Gasteiger partial charge in [0.1, 0.15) is 5.01 Å². The number of hydrogen-bond acceptors (Lipinski definition) is 5. The smallest absolute Gasteiger partial charge is 0.107 e. The van der Waals surface area contributed by atoms with Gasteiger partial charge in [0.15, 0.2) is 0 Å². The SMILES string of the molecule is CCc1nc(CN2CCN(C)CC2)sc1C(C)(C)N. The van der Waals surface area contributed by atoms with Crippen molar-refractivity contribution >= 4 is 11.3 Å². The van der Waals surface area contributed by atoms with E-state index in [-0.39, 0.29) is 5.54 Å². The number of aromatic nitrogens is 1. The zero-order valence-corrected chi connectivity index (χ0v) is 13.4. The fourth-order valence-electron chi connectivity index (χ4n) is 2.41. The van der Waals surface area contributed by atoms with E-state index in [4.69, 9.17) is 10.7 Å². The average Bonchev–Trinajstić information content (AvgIpc) is 2.75. The zero-order valence-electron chi connectivity index (χ0n) is 12.6. The summed E-state index contributed by atoms with van der Waals surface area (Å²) >= 11 is 1.79. The van der Waals surface area contributed by atoms with Crippen LogP contribution in [0.4, 0.5) is 0 Å². The lowest BCUT2D eigenvalue weighted by atomic mass is 10.0. The maximum Gasteiger partial charge on any atom is 0.107 e. The van der Waals surface area contributed by atoms with Gasteiger partial charge in [-0.1, -0.05) is 6.92 Å². The number of nitrogens with zero attached hydrogens (tertiary/aromatic N) is 3. The lowest BCUT2D eigenvalue weighted by molar-refractivity contribution is 0.148. The van der Waals surface area contributed by atoms with E-state index < -0.39 is 0 Å². The molecule has 19 heavy (non-hydrogen) atoms. The molecule has 0 bridgehead atoms. The highest BCUT2D eigenvalue weighted by atomic mass is 32.1. The van der Waals surface area contributed by atoms with Crippen LogP contribution in [0.25, 0.3) is 0 Å². The van der Waals surface area contributed by atoms with E-state index in [1.807, 2.05) is 0 Å². The predicted octanol–water partition coefficient (Wildman–Crippen LogP) is 1.65. The molecule has 0 atom stereocenters. The Labute approximate surface area is 120 Å². The van der Waals surface area contributed by atoms with Gasteiger partial charge in [0.25, 0.3) is 0 Å². The molecule has 1 saturated heterocycles. The van der Waals surface area contributed by atoms with E-state index >= 15 is 0 Å². The van der Waals surface area contributed by atoms with Crippen molar-refractivity contribution in [3.8, 4) is 0 Å². The molecular weight excluding hydrogens is 256 g/mol. The van der Waals surface area contributed by atoms with Gasteiger partial charge in [0, 0.05) is 36.6 Å². The van der Waals surface area contributed by atoms with Gasteiger partial charge in [0.05, 0.1) is 12.2 Å². The van der Waals surface area contributed by atoms with Crippen molar-refractivity contribution in [3.63, 3.8) is 0 Å². The molecule has 1 aromatic rings. The van der Waals surface area contributed by atoms with Gasteiger partial charge in [0.2, 0.25) is 0 Å². The highest BCUT2D eigenvalue weighted by Gasteiger charge is 2.23. The number of likely N-dealkylation sites (N-methyl/N-ethyl adjacent to an activating group) is 1. The molecule has 4 nitrogen and oxygen atoms in total. The maximum absolute atomic E-state index is 6.25. The summed E-state index contributed by atoms with van der Waals surface area (Å²) in [5, 5.41) is 1.22. The van der Waals surface area contributed by atoms with Gasteiger partial charge in [-0.2, -0.15) is 0 Å². The Morgan fingerprint density at radius 3 is 2.37 bits per heavy atom. The number of aryl methyl sites for hydroxylation is 1. The number of thiazole rings is 1. The molecule has 2 rings (SSSR count). The number of rotatable bonds is 4. The van der Waals surface area contributed by atoms with Crippen molar-refractivity contribution in [1.82, 2.24) is 14.8 Å². The lowest BCUT2D eigenvalue weighted by Crippen LogP contribution is -2.43. The topological polar surface area (TPSA) is 45.4 Å². The Kier molecular flexibility index (Phi) is 4.61. The molecule has 5 heteroatoms. The van der Waals surface area contributed by atoms with Crippen molar-refractivity contribution in [1.29, 1.82) is 0 Å². The van der Waals surface area contributed by atoms with Crippen molar-refractivity contribution in [2.45, 2.75) is 39.3 Å². The van der Waals surface area contributed by atoms with E-state index in [0.717, 1.165) is 39.1 Å². The third kappa shape index (κ3) is 3.75. The Hall–Kier alpha value is -0.490. The van der Waals surface area contributed by atoms with E-state index in [2.05, 4.69) is 37.6 Å². The van der Waals surface area contributed by atoms with Gasteiger partial charge >= 0.3 is 0 Å². The van der Waals surface area contributed by atoms with Crippen LogP contribution in [0, 0.1) is 0 Å². The minimum absolute atomic E-state index is 0.274. The van der Waals surface area contributed by atoms with Gasteiger partial charge in [-0.25, -0.2) is 4.98 Å². The molecule has 1 fully saturated rings.